The van der Waals surface area contributed by atoms with Crippen molar-refractivity contribution in [1.29, 1.82) is 0 Å². The van der Waals surface area contributed by atoms with Gasteiger partial charge in [-0.2, -0.15) is 0 Å². The number of rotatable bonds is 14. The Morgan fingerprint density at radius 3 is 1.76 bits per heavy atom. The lowest BCUT2D eigenvalue weighted by Gasteiger charge is -2.35. The Kier molecular flexibility index (Phi) is 12.9. The summed E-state index contributed by atoms with van der Waals surface area (Å²) in [5.74, 6) is -0.236. The van der Waals surface area contributed by atoms with Crippen molar-refractivity contribution >= 4 is 12.1 Å². The average molecular weight is 476 g/mol. The van der Waals surface area contributed by atoms with Crippen molar-refractivity contribution in [2.24, 2.45) is 10.8 Å². The van der Waals surface area contributed by atoms with Crippen LogP contribution in [0.3, 0.4) is 0 Å². The normalized spacial score (nSPS) is 13.1. The third-order valence-electron chi connectivity index (χ3n) is 4.24. The maximum absolute atomic E-state index is 12.8. The summed E-state index contributed by atoms with van der Waals surface area (Å²) >= 11 is 0. The summed E-state index contributed by atoms with van der Waals surface area (Å²) in [6, 6.07) is 0. The number of carbonyl (C=O) groups excluding carboxylic acids is 2. The predicted molar refractivity (Wildman–Crippen MR) is 129 cm³/mol. The molecule has 0 aromatic rings. The van der Waals surface area contributed by atoms with E-state index in [0.29, 0.717) is 46.1 Å². The zero-order valence-electron chi connectivity index (χ0n) is 23.0. The van der Waals surface area contributed by atoms with Gasteiger partial charge in [-0.15, -0.1) is 0 Å². The van der Waals surface area contributed by atoms with Crippen LogP contribution in [-0.4, -0.2) is 81.4 Å². The van der Waals surface area contributed by atoms with Crippen LogP contribution in [0.15, 0.2) is 0 Å². The average Bonchev–Trinajstić information content (AvgIpc) is 2.56. The Hall–Kier alpha value is -1.38. The van der Waals surface area contributed by atoms with Crippen molar-refractivity contribution in [3.63, 3.8) is 0 Å². The minimum Gasteiger partial charge on any atom is -0.460 e. The van der Waals surface area contributed by atoms with Gasteiger partial charge in [-0.1, -0.05) is 27.7 Å². The summed E-state index contributed by atoms with van der Waals surface area (Å²) in [4.78, 5) is 26.6. The molecule has 0 atom stereocenters. The van der Waals surface area contributed by atoms with E-state index in [-0.39, 0.29) is 29.3 Å². The third-order valence-corrected chi connectivity index (χ3v) is 4.24. The van der Waals surface area contributed by atoms with E-state index >= 15 is 0 Å². The number of hydrogen-bond donors (Lipinski definition) is 0. The summed E-state index contributed by atoms with van der Waals surface area (Å²) in [5.41, 5.74) is -1.78. The first-order valence-electron chi connectivity index (χ1n) is 11.7. The monoisotopic (exact) mass is 475 g/mol. The number of esters is 1. The molecule has 0 aromatic carbocycles. The summed E-state index contributed by atoms with van der Waals surface area (Å²) < 4.78 is 27.5. The van der Waals surface area contributed by atoms with Crippen LogP contribution in [0.5, 0.6) is 0 Å². The lowest BCUT2D eigenvalue weighted by molar-refractivity contribution is -0.158. The van der Waals surface area contributed by atoms with Gasteiger partial charge < -0.3 is 28.6 Å². The van der Waals surface area contributed by atoms with Gasteiger partial charge >= 0.3 is 12.1 Å². The van der Waals surface area contributed by atoms with Gasteiger partial charge in [0.05, 0.1) is 39.5 Å². The number of nitrogens with zero attached hydrogens (tertiary/aromatic N) is 1. The SMILES string of the molecule is COCCOCCN(CC(C)(C)COCC(C)(C)CC(=O)OC(C)(C)C)C(=O)OC(C)(C)C. The highest BCUT2D eigenvalue weighted by atomic mass is 16.6. The number of carbonyl (C=O) groups is 2. The minimum atomic E-state index is -0.585. The topological polar surface area (TPSA) is 83.5 Å². The Balaban J connectivity index is 4.85. The zero-order valence-corrected chi connectivity index (χ0v) is 23.0. The van der Waals surface area contributed by atoms with Crippen molar-refractivity contribution in [2.75, 3.05) is 53.2 Å². The quantitative estimate of drug-likeness (QED) is 0.266. The van der Waals surface area contributed by atoms with Crippen LogP contribution in [0, 0.1) is 10.8 Å². The molecule has 0 aromatic heterocycles. The minimum absolute atomic E-state index is 0.236. The number of methoxy groups -OCH3 is 1. The molecule has 196 valence electrons. The summed E-state index contributed by atoms with van der Waals surface area (Å²) in [5, 5.41) is 0. The second kappa shape index (κ2) is 13.5. The van der Waals surface area contributed by atoms with E-state index in [1.54, 1.807) is 12.0 Å². The van der Waals surface area contributed by atoms with E-state index in [4.69, 9.17) is 23.7 Å². The Morgan fingerprint density at radius 2 is 1.24 bits per heavy atom. The van der Waals surface area contributed by atoms with E-state index in [9.17, 15) is 9.59 Å². The molecule has 33 heavy (non-hydrogen) atoms. The van der Waals surface area contributed by atoms with Gasteiger partial charge in [0.2, 0.25) is 0 Å². The lowest BCUT2D eigenvalue weighted by atomic mass is 9.90. The van der Waals surface area contributed by atoms with Gasteiger partial charge in [0.25, 0.3) is 0 Å². The molecular formula is C25H49NO7. The van der Waals surface area contributed by atoms with Crippen molar-refractivity contribution in [2.45, 2.75) is 86.9 Å². The smallest absolute Gasteiger partial charge is 0.410 e. The Labute approximate surface area is 201 Å². The van der Waals surface area contributed by atoms with Crippen LogP contribution >= 0.6 is 0 Å². The first kappa shape index (κ1) is 31.6. The van der Waals surface area contributed by atoms with Gasteiger partial charge in [0.15, 0.2) is 0 Å². The van der Waals surface area contributed by atoms with Crippen molar-refractivity contribution < 1.29 is 33.3 Å². The number of ether oxygens (including phenoxy) is 5. The van der Waals surface area contributed by atoms with E-state index in [0.717, 1.165) is 0 Å². The highest BCUT2D eigenvalue weighted by Gasteiger charge is 2.31. The molecule has 0 radical (unpaired) electrons. The zero-order chi connectivity index (χ0) is 25.9. The van der Waals surface area contributed by atoms with E-state index in [2.05, 4.69) is 0 Å². The molecule has 8 heteroatoms. The van der Waals surface area contributed by atoms with E-state index in [1.165, 1.54) is 0 Å². The Morgan fingerprint density at radius 1 is 0.697 bits per heavy atom. The molecule has 0 bridgehead atoms. The molecule has 0 saturated heterocycles. The first-order chi connectivity index (χ1) is 14.9. The largest absolute Gasteiger partial charge is 0.460 e. The molecule has 0 saturated carbocycles. The maximum Gasteiger partial charge on any atom is 0.410 e. The molecule has 8 nitrogen and oxygen atoms in total. The standard InChI is InChI=1S/C25H49NO7/c1-22(2,3)32-20(27)16-24(7,8)18-31-19-25(9,10)17-26(12-13-30-15-14-29-11)21(28)33-23(4,5)6/h12-19H2,1-11H3. The number of hydrogen-bond acceptors (Lipinski definition) is 7. The molecule has 0 N–H and O–H groups in total. The molecule has 0 aliphatic carbocycles. The first-order valence-corrected chi connectivity index (χ1v) is 11.7. The fourth-order valence-electron chi connectivity index (χ4n) is 2.97. The van der Waals surface area contributed by atoms with Crippen LogP contribution in [0.2, 0.25) is 0 Å². The highest BCUT2D eigenvalue weighted by Crippen LogP contribution is 2.26. The van der Waals surface area contributed by atoms with Gasteiger partial charge in [0.1, 0.15) is 11.2 Å². The predicted octanol–water partition coefficient (Wildman–Crippen LogP) is 4.69. The molecule has 0 heterocycles. The second-order valence-corrected chi connectivity index (χ2v) is 12.1. The molecule has 0 rings (SSSR count). The van der Waals surface area contributed by atoms with Gasteiger partial charge in [-0.25, -0.2) is 4.79 Å². The number of amides is 1. The van der Waals surface area contributed by atoms with Crippen molar-refractivity contribution in [3.8, 4) is 0 Å². The fraction of sp³-hybridized carbons (Fsp3) is 0.920. The summed E-state index contributed by atoms with van der Waals surface area (Å²) in [7, 11) is 1.62. The van der Waals surface area contributed by atoms with Crippen LogP contribution in [0.4, 0.5) is 4.79 Å². The molecular weight excluding hydrogens is 426 g/mol. The van der Waals surface area contributed by atoms with Crippen LogP contribution in [0.1, 0.15) is 75.7 Å². The molecule has 0 unspecified atom stereocenters. The molecule has 0 aliphatic rings. The summed E-state index contributed by atoms with van der Waals surface area (Å²) in [6.45, 7) is 22.2. The Bertz CT molecular complexity index is 589. The lowest BCUT2D eigenvalue weighted by Crippen LogP contribution is -2.45. The molecule has 0 fully saturated rings. The van der Waals surface area contributed by atoms with Crippen LogP contribution in [-0.2, 0) is 28.5 Å². The van der Waals surface area contributed by atoms with Crippen LogP contribution in [0.25, 0.3) is 0 Å². The third kappa shape index (κ3) is 17.7. The van der Waals surface area contributed by atoms with Gasteiger partial charge in [-0.05, 0) is 47.0 Å². The highest BCUT2D eigenvalue weighted by molar-refractivity contribution is 5.70. The van der Waals surface area contributed by atoms with Gasteiger partial charge in [-0.3, -0.25) is 4.79 Å². The maximum atomic E-state index is 12.8. The van der Waals surface area contributed by atoms with Crippen molar-refractivity contribution in [1.82, 2.24) is 4.90 Å². The van der Waals surface area contributed by atoms with Crippen LogP contribution < -0.4 is 0 Å². The molecule has 1 amide bonds. The summed E-state index contributed by atoms with van der Waals surface area (Å²) in [6.07, 6.45) is -0.107. The molecule has 0 aliphatic heterocycles. The van der Waals surface area contributed by atoms with E-state index < -0.39 is 11.2 Å². The van der Waals surface area contributed by atoms with Crippen molar-refractivity contribution in [3.05, 3.63) is 0 Å². The second-order valence-electron chi connectivity index (χ2n) is 12.1. The molecule has 0 spiro atoms. The van der Waals surface area contributed by atoms with E-state index in [1.807, 2.05) is 69.2 Å². The fourth-order valence-corrected chi connectivity index (χ4v) is 2.97. The van der Waals surface area contributed by atoms with Gasteiger partial charge in [0, 0.05) is 25.6 Å².